The highest BCUT2D eigenvalue weighted by atomic mass is 32.2. The zero-order valence-corrected chi connectivity index (χ0v) is 15.5. The van der Waals surface area contributed by atoms with Crippen LogP contribution in [0.25, 0.3) is 0 Å². The molecule has 0 radical (unpaired) electrons. The molecule has 132 valence electrons. The highest BCUT2D eigenvalue weighted by Gasteiger charge is 2.35. The van der Waals surface area contributed by atoms with Crippen molar-refractivity contribution in [1.82, 2.24) is 4.90 Å². The molecule has 0 N–H and O–H groups in total. The van der Waals surface area contributed by atoms with E-state index in [9.17, 15) is 18.0 Å². The first-order valence-corrected chi connectivity index (χ1v) is 10.6. The van der Waals surface area contributed by atoms with Crippen molar-refractivity contribution in [3.8, 4) is 0 Å². The molecule has 0 aromatic heterocycles. The largest absolute Gasteiger partial charge is 0.449 e. The molecule has 2 atom stereocenters. The molecular weight excluding hydrogens is 350 g/mol. The number of nitrogens with zero attached hydrogens (tertiary/aromatic N) is 1. The SMILES string of the molecule is CSc1ccccc1C(=O)O[C@@H](C)C(=O)N(C)[C@H]1CCS(=O)(=O)C1. The molecule has 6 nitrogen and oxygen atoms in total. The Morgan fingerprint density at radius 2 is 2.00 bits per heavy atom. The fraction of sp³-hybridized carbons (Fsp3) is 0.500. The highest BCUT2D eigenvalue weighted by Crippen LogP contribution is 2.22. The van der Waals surface area contributed by atoms with Crippen LogP contribution in [0.4, 0.5) is 0 Å². The number of esters is 1. The first kappa shape index (κ1) is 18.8. The molecule has 1 aromatic carbocycles. The summed E-state index contributed by atoms with van der Waals surface area (Å²) in [6, 6.07) is 6.66. The summed E-state index contributed by atoms with van der Waals surface area (Å²) in [5.41, 5.74) is 0.413. The Hall–Kier alpha value is -1.54. The number of ether oxygens (including phenoxy) is 1. The molecular formula is C16H21NO5S2. The summed E-state index contributed by atoms with van der Waals surface area (Å²) in [5, 5.41) is 0. The molecule has 24 heavy (non-hydrogen) atoms. The van der Waals surface area contributed by atoms with Crippen LogP contribution < -0.4 is 0 Å². The molecule has 1 aliphatic rings. The van der Waals surface area contributed by atoms with E-state index >= 15 is 0 Å². The Bertz CT molecular complexity index is 732. The van der Waals surface area contributed by atoms with Gasteiger partial charge in [-0.05, 0) is 31.7 Å². The molecule has 1 aliphatic heterocycles. The molecule has 1 fully saturated rings. The molecule has 1 amide bonds. The van der Waals surface area contributed by atoms with Gasteiger partial charge in [-0.1, -0.05) is 12.1 Å². The first-order valence-electron chi connectivity index (χ1n) is 7.56. The first-order chi connectivity index (χ1) is 11.2. The Morgan fingerprint density at radius 1 is 1.33 bits per heavy atom. The second-order valence-corrected chi connectivity index (χ2v) is 8.83. The zero-order chi connectivity index (χ0) is 17.9. The smallest absolute Gasteiger partial charge is 0.340 e. The van der Waals surface area contributed by atoms with Gasteiger partial charge >= 0.3 is 5.97 Å². The number of likely N-dealkylation sites (N-methyl/N-ethyl adjacent to an activating group) is 1. The maximum atomic E-state index is 12.4. The summed E-state index contributed by atoms with van der Waals surface area (Å²) in [7, 11) is -1.53. The maximum absolute atomic E-state index is 12.4. The quantitative estimate of drug-likeness (QED) is 0.578. The molecule has 0 unspecified atom stereocenters. The normalized spacial score (nSPS) is 20.4. The van der Waals surface area contributed by atoms with Crippen LogP contribution in [-0.2, 0) is 19.4 Å². The predicted molar refractivity (Wildman–Crippen MR) is 92.9 cm³/mol. The van der Waals surface area contributed by atoms with Gasteiger partial charge in [0, 0.05) is 18.0 Å². The van der Waals surface area contributed by atoms with Gasteiger partial charge in [0.15, 0.2) is 15.9 Å². The van der Waals surface area contributed by atoms with Crippen LogP contribution in [0.3, 0.4) is 0 Å². The van der Waals surface area contributed by atoms with Crippen molar-refractivity contribution in [3.05, 3.63) is 29.8 Å². The lowest BCUT2D eigenvalue weighted by Gasteiger charge is -2.26. The second-order valence-electron chi connectivity index (χ2n) is 5.75. The number of hydrogen-bond acceptors (Lipinski definition) is 6. The van der Waals surface area contributed by atoms with E-state index in [2.05, 4.69) is 0 Å². The number of carbonyl (C=O) groups excluding carboxylic acids is 2. The van der Waals surface area contributed by atoms with E-state index < -0.39 is 27.8 Å². The fourth-order valence-electron chi connectivity index (χ4n) is 2.64. The fourth-order valence-corrected chi connectivity index (χ4v) is 5.00. The van der Waals surface area contributed by atoms with Gasteiger partial charge in [0.1, 0.15) is 0 Å². The summed E-state index contributed by atoms with van der Waals surface area (Å²) < 4.78 is 28.4. The van der Waals surface area contributed by atoms with Crippen molar-refractivity contribution in [2.75, 3.05) is 24.8 Å². The van der Waals surface area contributed by atoms with E-state index in [-0.39, 0.29) is 17.5 Å². The molecule has 1 aromatic rings. The maximum Gasteiger partial charge on any atom is 0.340 e. The Labute approximate surface area is 146 Å². The lowest BCUT2D eigenvalue weighted by atomic mass is 10.2. The monoisotopic (exact) mass is 371 g/mol. The lowest BCUT2D eigenvalue weighted by molar-refractivity contribution is -0.140. The van der Waals surface area contributed by atoms with Crippen molar-refractivity contribution in [2.24, 2.45) is 0 Å². The van der Waals surface area contributed by atoms with Gasteiger partial charge < -0.3 is 9.64 Å². The summed E-state index contributed by atoms with van der Waals surface area (Å²) >= 11 is 1.42. The van der Waals surface area contributed by atoms with E-state index in [4.69, 9.17) is 4.74 Å². The van der Waals surface area contributed by atoms with Gasteiger partial charge in [0.25, 0.3) is 5.91 Å². The lowest BCUT2D eigenvalue weighted by Crippen LogP contribution is -2.44. The van der Waals surface area contributed by atoms with Crippen LogP contribution >= 0.6 is 11.8 Å². The third-order valence-electron chi connectivity index (χ3n) is 4.06. The number of rotatable bonds is 5. The topological polar surface area (TPSA) is 80.8 Å². The van der Waals surface area contributed by atoms with Crippen LogP contribution in [0.5, 0.6) is 0 Å². The van der Waals surface area contributed by atoms with Crippen molar-refractivity contribution in [3.63, 3.8) is 0 Å². The van der Waals surface area contributed by atoms with E-state index in [0.29, 0.717) is 12.0 Å². The Balaban J connectivity index is 2.02. The Kier molecular flexibility index (Phi) is 5.92. The average molecular weight is 371 g/mol. The van der Waals surface area contributed by atoms with E-state index in [1.54, 1.807) is 19.2 Å². The number of thioether (sulfide) groups is 1. The van der Waals surface area contributed by atoms with Gasteiger partial charge in [0.2, 0.25) is 0 Å². The summed E-state index contributed by atoms with van der Waals surface area (Å²) in [5.74, 6) is -0.907. The standard InChI is InChI=1S/C16H21NO5S2/c1-11(15(18)17(2)12-8-9-24(20,21)10-12)22-16(19)13-6-4-5-7-14(13)23-3/h4-7,11-12H,8-10H2,1-3H3/t11-,12-/m0/s1. The molecule has 8 heteroatoms. The third kappa shape index (κ3) is 4.30. The molecule has 2 rings (SSSR count). The van der Waals surface area contributed by atoms with E-state index in [1.807, 2.05) is 18.4 Å². The molecule has 0 saturated carbocycles. The molecule has 0 spiro atoms. The van der Waals surface area contributed by atoms with Crippen molar-refractivity contribution in [2.45, 2.75) is 30.4 Å². The van der Waals surface area contributed by atoms with Crippen LogP contribution in [0.15, 0.2) is 29.2 Å². The van der Waals surface area contributed by atoms with Crippen molar-refractivity contribution in [1.29, 1.82) is 0 Å². The van der Waals surface area contributed by atoms with Crippen LogP contribution in [0, 0.1) is 0 Å². The van der Waals surface area contributed by atoms with Crippen molar-refractivity contribution < 1.29 is 22.7 Å². The number of amides is 1. The van der Waals surface area contributed by atoms with Crippen LogP contribution in [0.2, 0.25) is 0 Å². The molecule has 1 saturated heterocycles. The molecule has 0 aliphatic carbocycles. The zero-order valence-electron chi connectivity index (χ0n) is 13.9. The van der Waals surface area contributed by atoms with E-state index in [1.165, 1.54) is 23.6 Å². The minimum absolute atomic E-state index is 0.0365. The molecule has 1 heterocycles. The minimum Gasteiger partial charge on any atom is -0.449 e. The van der Waals surface area contributed by atoms with Gasteiger partial charge in [-0.15, -0.1) is 11.8 Å². The number of hydrogen-bond donors (Lipinski definition) is 0. The van der Waals surface area contributed by atoms with Crippen LogP contribution in [0.1, 0.15) is 23.7 Å². The average Bonchev–Trinajstić information content (AvgIpc) is 2.93. The Morgan fingerprint density at radius 3 is 2.58 bits per heavy atom. The van der Waals surface area contributed by atoms with Gasteiger partial charge in [0.05, 0.1) is 17.1 Å². The van der Waals surface area contributed by atoms with Gasteiger partial charge in [-0.2, -0.15) is 0 Å². The highest BCUT2D eigenvalue weighted by molar-refractivity contribution is 7.98. The third-order valence-corrected chi connectivity index (χ3v) is 6.61. The van der Waals surface area contributed by atoms with Crippen LogP contribution in [-0.4, -0.2) is 62.1 Å². The minimum atomic E-state index is -3.08. The van der Waals surface area contributed by atoms with E-state index in [0.717, 1.165) is 4.90 Å². The van der Waals surface area contributed by atoms with Gasteiger partial charge in [-0.25, -0.2) is 13.2 Å². The number of benzene rings is 1. The summed E-state index contributed by atoms with van der Waals surface area (Å²) in [4.78, 5) is 26.8. The summed E-state index contributed by atoms with van der Waals surface area (Å²) in [6.45, 7) is 1.50. The molecule has 0 bridgehead atoms. The summed E-state index contributed by atoms with van der Waals surface area (Å²) in [6.07, 6.45) is 1.30. The second kappa shape index (κ2) is 7.57. The number of sulfone groups is 1. The number of carbonyl (C=O) groups is 2. The van der Waals surface area contributed by atoms with Crippen molar-refractivity contribution >= 4 is 33.5 Å². The van der Waals surface area contributed by atoms with Gasteiger partial charge in [-0.3, -0.25) is 4.79 Å². The predicted octanol–water partition coefficient (Wildman–Crippen LogP) is 1.60.